The maximum atomic E-state index is 14.1. The van der Waals surface area contributed by atoms with Crippen molar-refractivity contribution in [1.82, 2.24) is 0 Å². The minimum Gasteiger partial charge on any atom is -0.497 e. The number of anilines is 1. The second-order valence-corrected chi connectivity index (χ2v) is 4.23. The van der Waals surface area contributed by atoms with Crippen LogP contribution in [-0.2, 0) is 25.2 Å². The molecule has 0 radical (unpaired) electrons. The first kappa shape index (κ1) is 19.3. The molecule has 0 spiro atoms. The third-order valence-electron chi connectivity index (χ3n) is 2.73. The normalized spacial score (nSPS) is 11.7. The summed E-state index contributed by atoms with van der Waals surface area (Å²) >= 11 is 0. The van der Waals surface area contributed by atoms with E-state index in [0.717, 1.165) is 27.4 Å². The van der Waals surface area contributed by atoms with Gasteiger partial charge in [-0.15, -0.1) is 0 Å². The zero-order chi connectivity index (χ0) is 18.5. The van der Waals surface area contributed by atoms with Crippen molar-refractivity contribution >= 4 is 17.6 Å². The summed E-state index contributed by atoms with van der Waals surface area (Å²) < 4.78 is 66.1. The molecule has 0 aromatic heterocycles. The van der Waals surface area contributed by atoms with Crippen LogP contribution in [0.4, 0.5) is 23.2 Å². The molecule has 0 saturated heterocycles. The predicted octanol–water partition coefficient (Wildman–Crippen LogP) is 2.49. The first-order valence-electron chi connectivity index (χ1n) is 6.23. The number of alkyl halides is 3. The lowest BCUT2D eigenvalue weighted by atomic mass is 10.1. The number of hydrogen-bond acceptors (Lipinski definition) is 6. The first-order chi connectivity index (χ1) is 11.1. The monoisotopic (exact) mass is 351 g/mol. The summed E-state index contributed by atoms with van der Waals surface area (Å²) in [5.74, 6) is -4.10. The van der Waals surface area contributed by atoms with Gasteiger partial charge >= 0.3 is 18.1 Å². The van der Waals surface area contributed by atoms with E-state index in [0.29, 0.717) is 12.1 Å². The molecular formula is C14H13F4NO5. The van der Waals surface area contributed by atoms with Crippen LogP contribution in [0.1, 0.15) is 5.56 Å². The smallest absolute Gasteiger partial charge is 0.419 e. The van der Waals surface area contributed by atoms with Crippen LogP contribution in [-0.4, -0.2) is 33.3 Å². The van der Waals surface area contributed by atoms with Crippen LogP contribution in [0.15, 0.2) is 23.9 Å². The summed E-state index contributed by atoms with van der Waals surface area (Å²) in [5.41, 5.74) is -2.96. The molecule has 0 heterocycles. The van der Waals surface area contributed by atoms with Gasteiger partial charge in [-0.05, 0) is 6.07 Å². The fourth-order valence-electron chi connectivity index (χ4n) is 1.59. The summed E-state index contributed by atoms with van der Waals surface area (Å²) in [5, 5.41) is 2.08. The summed E-state index contributed by atoms with van der Waals surface area (Å²) in [6.45, 7) is 0. The Morgan fingerprint density at radius 2 is 1.75 bits per heavy atom. The fourth-order valence-corrected chi connectivity index (χ4v) is 1.59. The third-order valence-corrected chi connectivity index (χ3v) is 2.73. The van der Waals surface area contributed by atoms with E-state index in [2.05, 4.69) is 19.5 Å². The molecule has 1 N–H and O–H groups in total. The molecule has 0 fully saturated rings. The van der Waals surface area contributed by atoms with Gasteiger partial charge in [-0.3, -0.25) is 0 Å². The third kappa shape index (κ3) is 4.61. The van der Waals surface area contributed by atoms with Crippen molar-refractivity contribution in [2.24, 2.45) is 0 Å². The van der Waals surface area contributed by atoms with Gasteiger partial charge in [0.15, 0.2) is 5.82 Å². The number of carbonyl (C=O) groups excluding carboxylic acids is 2. The number of rotatable bonds is 5. The van der Waals surface area contributed by atoms with Crippen LogP contribution in [0.3, 0.4) is 0 Å². The maximum absolute atomic E-state index is 14.1. The fraction of sp³-hybridized carbons (Fsp3) is 0.286. The molecule has 0 aliphatic rings. The summed E-state index contributed by atoms with van der Waals surface area (Å²) in [6.07, 6.45) is -4.38. The van der Waals surface area contributed by atoms with E-state index in [1.54, 1.807) is 0 Å². The Bertz CT molecular complexity index is 670. The summed E-state index contributed by atoms with van der Waals surface area (Å²) in [7, 11) is 3.07. The van der Waals surface area contributed by atoms with Crippen molar-refractivity contribution in [3.8, 4) is 5.75 Å². The van der Waals surface area contributed by atoms with Crippen LogP contribution >= 0.6 is 0 Å². The van der Waals surface area contributed by atoms with E-state index in [9.17, 15) is 27.2 Å². The van der Waals surface area contributed by atoms with Gasteiger partial charge in [-0.1, -0.05) is 0 Å². The number of benzene rings is 1. The molecule has 0 aliphatic heterocycles. The Kier molecular flexibility index (Phi) is 6.15. The molecule has 0 aliphatic carbocycles. The molecule has 10 heteroatoms. The van der Waals surface area contributed by atoms with Gasteiger partial charge in [0.05, 0.1) is 38.7 Å². The summed E-state index contributed by atoms with van der Waals surface area (Å²) in [4.78, 5) is 22.8. The molecule has 0 atom stereocenters. The molecule has 1 rings (SSSR count). The average Bonchev–Trinajstić information content (AvgIpc) is 2.53. The van der Waals surface area contributed by atoms with Crippen LogP contribution in [0.25, 0.3) is 0 Å². The number of hydrogen-bond donors (Lipinski definition) is 1. The van der Waals surface area contributed by atoms with Gasteiger partial charge in [0.25, 0.3) is 0 Å². The Hall–Kier alpha value is -2.78. The largest absolute Gasteiger partial charge is 0.497 e. The van der Waals surface area contributed by atoms with Gasteiger partial charge in [-0.2, -0.15) is 13.2 Å². The lowest BCUT2D eigenvalue weighted by molar-refractivity contribution is -0.140. The Balaban J connectivity index is 3.41. The molecule has 1 aromatic carbocycles. The number of carbonyl (C=O) groups is 2. The Morgan fingerprint density at radius 1 is 1.12 bits per heavy atom. The predicted molar refractivity (Wildman–Crippen MR) is 73.7 cm³/mol. The minimum atomic E-state index is -4.99. The van der Waals surface area contributed by atoms with Gasteiger partial charge < -0.3 is 19.5 Å². The molecule has 24 heavy (non-hydrogen) atoms. The van der Waals surface area contributed by atoms with Gasteiger partial charge in [0.2, 0.25) is 0 Å². The van der Waals surface area contributed by atoms with E-state index in [1.165, 1.54) is 0 Å². The van der Waals surface area contributed by atoms with E-state index in [-0.39, 0.29) is 5.75 Å². The van der Waals surface area contributed by atoms with E-state index in [4.69, 9.17) is 0 Å². The SMILES string of the molecule is COC(=O)/C=C(/Nc1cc(OC)cc(C(F)(F)F)c1F)C(=O)OC. The second-order valence-electron chi connectivity index (χ2n) is 4.23. The number of nitrogens with one attached hydrogen (secondary N) is 1. The minimum absolute atomic E-state index is 0.312. The second kappa shape index (κ2) is 7.66. The van der Waals surface area contributed by atoms with Crippen molar-refractivity contribution in [2.75, 3.05) is 26.6 Å². The highest BCUT2D eigenvalue weighted by atomic mass is 19.4. The topological polar surface area (TPSA) is 73.9 Å². The van der Waals surface area contributed by atoms with Gasteiger partial charge in [0.1, 0.15) is 11.4 Å². The quantitative estimate of drug-likeness (QED) is 0.499. The molecule has 0 bridgehead atoms. The molecule has 132 valence electrons. The lowest BCUT2D eigenvalue weighted by Gasteiger charge is -2.15. The van der Waals surface area contributed by atoms with Crippen LogP contribution in [0.5, 0.6) is 5.75 Å². The van der Waals surface area contributed by atoms with Crippen molar-refractivity contribution < 1.29 is 41.4 Å². The number of esters is 2. The van der Waals surface area contributed by atoms with Gasteiger partial charge in [0, 0.05) is 6.07 Å². The highest BCUT2D eigenvalue weighted by Gasteiger charge is 2.36. The van der Waals surface area contributed by atoms with Crippen LogP contribution < -0.4 is 10.1 Å². The highest BCUT2D eigenvalue weighted by molar-refractivity contribution is 5.98. The molecule has 0 amide bonds. The molecule has 0 unspecified atom stereocenters. The number of halogens is 4. The average molecular weight is 351 g/mol. The lowest BCUT2D eigenvalue weighted by Crippen LogP contribution is -2.17. The van der Waals surface area contributed by atoms with E-state index < -0.39 is 40.9 Å². The zero-order valence-corrected chi connectivity index (χ0v) is 12.8. The van der Waals surface area contributed by atoms with E-state index >= 15 is 0 Å². The van der Waals surface area contributed by atoms with E-state index in [1.807, 2.05) is 0 Å². The number of ether oxygens (including phenoxy) is 3. The van der Waals surface area contributed by atoms with Crippen molar-refractivity contribution in [1.29, 1.82) is 0 Å². The molecule has 0 saturated carbocycles. The molecule has 1 aromatic rings. The van der Waals surface area contributed by atoms with Crippen molar-refractivity contribution in [3.05, 3.63) is 35.3 Å². The van der Waals surface area contributed by atoms with Gasteiger partial charge in [-0.25, -0.2) is 14.0 Å². The summed E-state index contributed by atoms with van der Waals surface area (Å²) in [6, 6.07) is 1.35. The maximum Gasteiger partial charge on any atom is 0.419 e. The first-order valence-corrected chi connectivity index (χ1v) is 6.23. The van der Waals surface area contributed by atoms with Crippen LogP contribution in [0.2, 0.25) is 0 Å². The number of methoxy groups -OCH3 is 3. The van der Waals surface area contributed by atoms with Crippen LogP contribution in [0, 0.1) is 5.82 Å². The highest BCUT2D eigenvalue weighted by Crippen LogP contribution is 2.37. The van der Waals surface area contributed by atoms with Crippen molar-refractivity contribution in [2.45, 2.75) is 6.18 Å². The molecular weight excluding hydrogens is 338 g/mol. The zero-order valence-electron chi connectivity index (χ0n) is 12.8. The molecule has 6 nitrogen and oxygen atoms in total. The Labute approximate surface area is 134 Å². The van der Waals surface area contributed by atoms with Crippen molar-refractivity contribution in [3.63, 3.8) is 0 Å². The Morgan fingerprint density at radius 3 is 2.21 bits per heavy atom. The standard InChI is InChI=1S/C14H13F4NO5/c1-22-7-4-8(14(16,17)18)12(15)9(5-7)19-10(13(21)24-3)6-11(20)23-2/h4-6,19H,1-3H3/b10-6+.